The topological polar surface area (TPSA) is 85.2 Å². The van der Waals surface area contributed by atoms with E-state index in [-0.39, 0.29) is 6.04 Å². The normalized spacial score (nSPS) is 17.8. The lowest BCUT2D eigenvalue weighted by Crippen LogP contribution is -2.29. The van der Waals surface area contributed by atoms with E-state index < -0.39 is 0 Å². The molecule has 1 aromatic carbocycles. The third-order valence-electron chi connectivity index (χ3n) is 7.16. The minimum atomic E-state index is -0.352. The molecular formula is C28H28ClN7OS. The van der Waals surface area contributed by atoms with Gasteiger partial charge in [0.1, 0.15) is 16.9 Å². The number of halogens is 1. The van der Waals surface area contributed by atoms with Crippen LogP contribution < -0.4 is 0 Å². The molecule has 1 atom stereocenters. The number of likely N-dealkylation sites (tertiary alicyclic amines) is 1. The quantitative estimate of drug-likeness (QED) is 0.332. The van der Waals surface area contributed by atoms with Crippen molar-refractivity contribution < 1.29 is 4.42 Å². The number of piperidine rings is 1. The van der Waals surface area contributed by atoms with Gasteiger partial charge < -0.3 is 9.32 Å². The van der Waals surface area contributed by atoms with E-state index in [1.165, 1.54) is 0 Å². The van der Waals surface area contributed by atoms with E-state index in [4.69, 9.17) is 21.0 Å². The number of rotatable bonds is 3. The largest absolute Gasteiger partial charge is 0.426 e. The monoisotopic (exact) mass is 545 g/mol. The average molecular weight is 546 g/mol. The summed E-state index contributed by atoms with van der Waals surface area (Å²) in [6.45, 7) is 8.09. The minimum absolute atomic E-state index is 0.352. The first-order chi connectivity index (χ1) is 18.4. The van der Waals surface area contributed by atoms with E-state index >= 15 is 0 Å². The highest BCUT2D eigenvalue weighted by Crippen LogP contribution is 2.39. The predicted molar refractivity (Wildman–Crippen MR) is 148 cm³/mol. The molecule has 2 aliphatic heterocycles. The molecule has 3 aromatic heterocycles. The molecule has 5 heterocycles. The van der Waals surface area contributed by atoms with Gasteiger partial charge >= 0.3 is 0 Å². The number of aliphatic imine (C=N–C) groups is 1. The second-order valence-electron chi connectivity index (χ2n) is 9.94. The number of fused-ring (bicyclic) bond motifs is 3. The first kappa shape index (κ1) is 25.0. The van der Waals surface area contributed by atoms with E-state index in [9.17, 15) is 0 Å². The van der Waals surface area contributed by atoms with Crippen LogP contribution in [0.25, 0.3) is 5.00 Å². The molecule has 0 N–H and O–H groups in total. The van der Waals surface area contributed by atoms with Gasteiger partial charge in [-0.3, -0.25) is 9.56 Å². The fourth-order valence-corrected chi connectivity index (χ4v) is 6.40. The van der Waals surface area contributed by atoms with Crippen LogP contribution >= 0.6 is 22.9 Å². The van der Waals surface area contributed by atoms with Crippen LogP contribution in [0.5, 0.6) is 0 Å². The van der Waals surface area contributed by atoms with Crippen molar-refractivity contribution in [2.24, 2.45) is 10.9 Å². The van der Waals surface area contributed by atoms with Gasteiger partial charge in [-0.2, -0.15) is 0 Å². The number of aromatic nitrogens is 5. The molecule has 0 radical (unpaired) electrons. The van der Waals surface area contributed by atoms with Gasteiger partial charge in [0, 0.05) is 29.0 Å². The van der Waals surface area contributed by atoms with Gasteiger partial charge in [-0.25, -0.2) is 0 Å². The van der Waals surface area contributed by atoms with Crippen molar-refractivity contribution in [2.45, 2.75) is 46.1 Å². The van der Waals surface area contributed by atoms with E-state index in [1.807, 2.05) is 31.2 Å². The summed E-state index contributed by atoms with van der Waals surface area (Å²) < 4.78 is 7.84. The number of benzene rings is 1. The summed E-state index contributed by atoms with van der Waals surface area (Å²) in [4.78, 5) is 8.71. The maximum atomic E-state index is 6.25. The number of hydrogen-bond donors (Lipinski definition) is 0. The smallest absolute Gasteiger partial charge is 0.219 e. The third-order valence-corrected chi connectivity index (χ3v) is 8.61. The molecule has 38 heavy (non-hydrogen) atoms. The molecule has 0 bridgehead atoms. The Bertz CT molecular complexity index is 1580. The van der Waals surface area contributed by atoms with Crippen molar-refractivity contribution in [1.82, 2.24) is 29.9 Å². The molecule has 0 unspecified atom stereocenters. The van der Waals surface area contributed by atoms with Crippen LogP contribution in [0.4, 0.5) is 0 Å². The van der Waals surface area contributed by atoms with Crippen molar-refractivity contribution in [3.05, 3.63) is 74.3 Å². The zero-order valence-electron chi connectivity index (χ0n) is 21.8. The third kappa shape index (κ3) is 4.68. The molecule has 8 nitrogen and oxygen atoms in total. The highest BCUT2D eigenvalue weighted by molar-refractivity contribution is 7.15. The fraction of sp³-hybridized carbons (Fsp3) is 0.393. The number of aryl methyl sites for hydroxylation is 2. The zero-order chi connectivity index (χ0) is 26.4. The molecule has 0 spiro atoms. The van der Waals surface area contributed by atoms with Crippen LogP contribution in [0, 0.1) is 38.5 Å². The van der Waals surface area contributed by atoms with Crippen molar-refractivity contribution in [2.75, 3.05) is 20.1 Å². The van der Waals surface area contributed by atoms with Crippen LogP contribution in [0.3, 0.4) is 0 Å². The highest BCUT2D eigenvalue weighted by atomic mass is 35.5. The molecule has 0 aliphatic carbocycles. The molecule has 10 heteroatoms. The average Bonchev–Trinajstić information content (AvgIpc) is 3.56. The second-order valence-corrected chi connectivity index (χ2v) is 11.4. The summed E-state index contributed by atoms with van der Waals surface area (Å²) in [7, 11) is 2.17. The van der Waals surface area contributed by atoms with Crippen LogP contribution in [0.2, 0.25) is 5.02 Å². The lowest BCUT2D eigenvalue weighted by Gasteiger charge is -2.25. The van der Waals surface area contributed by atoms with Crippen molar-refractivity contribution in [3.8, 4) is 16.8 Å². The van der Waals surface area contributed by atoms with Crippen LogP contribution in [0.15, 0.2) is 33.7 Å². The number of hydrogen-bond acceptors (Lipinski definition) is 8. The van der Waals surface area contributed by atoms with Gasteiger partial charge in [0.25, 0.3) is 0 Å². The van der Waals surface area contributed by atoms with Crippen LogP contribution in [-0.2, 0) is 6.42 Å². The first-order valence-corrected chi connectivity index (χ1v) is 14.0. The number of thiophene rings is 1. The molecule has 1 fully saturated rings. The second kappa shape index (κ2) is 10.1. The Morgan fingerprint density at radius 2 is 1.82 bits per heavy atom. The van der Waals surface area contributed by atoms with Crippen LogP contribution in [-0.4, -0.2) is 55.7 Å². The SMILES string of the molecule is Cc1nnc(C[C@@H]2N=C(c3ccc(Cl)cc3)c3c(sc(C#CC4CCN(C)CC4)c3C)-n3c(C)nnc32)o1. The molecule has 4 aromatic rings. The minimum Gasteiger partial charge on any atom is -0.426 e. The van der Waals surface area contributed by atoms with Crippen molar-refractivity contribution in [1.29, 1.82) is 0 Å². The maximum Gasteiger partial charge on any atom is 0.219 e. The molecule has 6 rings (SSSR count). The van der Waals surface area contributed by atoms with E-state index in [2.05, 4.69) is 55.7 Å². The lowest BCUT2D eigenvalue weighted by molar-refractivity contribution is 0.248. The van der Waals surface area contributed by atoms with Gasteiger partial charge in [0.05, 0.1) is 17.0 Å². The van der Waals surface area contributed by atoms with Crippen LogP contribution in [0.1, 0.15) is 63.9 Å². The molecular weight excluding hydrogens is 518 g/mol. The van der Waals surface area contributed by atoms with Gasteiger partial charge in [0.2, 0.25) is 11.8 Å². The summed E-state index contributed by atoms with van der Waals surface area (Å²) in [5, 5.41) is 18.9. The lowest BCUT2D eigenvalue weighted by atomic mass is 9.97. The van der Waals surface area contributed by atoms with Gasteiger partial charge in [0.15, 0.2) is 5.82 Å². The van der Waals surface area contributed by atoms with Gasteiger partial charge in [-0.1, -0.05) is 35.6 Å². The summed E-state index contributed by atoms with van der Waals surface area (Å²) in [5.74, 6) is 10.1. The molecule has 194 valence electrons. The Balaban J connectivity index is 1.50. The van der Waals surface area contributed by atoms with Gasteiger partial charge in [-0.05, 0) is 64.5 Å². The summed E-state index contributed by atoms with van der Waals surface area (Å²) >= 11 is 7.93. The predicted octanol–water partition coefficient (Wildman–Crippen LogP) is 5.12. The Morgan fingerprint density at radius 3 is 2.53 bits per heavy atom. The number of nitrogens with zero attached hydrogens (tertiary/aromatic N) is 7. The maximum absolute atomic E-state index is 6.25. The molecule has 0 saturated carbocycles. The van der Waals surface area contributed by atoms with Crippen molar-refractivity contribution in [3.63, 3.8) is 0 Å². The Labute approximate surface area is 230 Å². The Morgan fingerprint density at radius 1 is 1.05 bits per heavy atom. The van der Waals surface area contributed by atoms with E-state index in [1.54, 1.807) is 18.3 Å². The summed E-state index contributed by atoms with van der Waals surface area (Å²) in [5.41, 5.74) is 4.03. The standard InChI is InChI=1S/C28H28ClN7OS/c1-16-23(10-5-19-11-13-35(4)14-12-19)38-28-25(16)26(20-6-8-21(29)9-7-20)30-22(15-24-33-32-18(3)37-24)27-34-31-17(2)36(27)28/h6-9,19,22H,11-15H2,1-4H3/t22-/m0/s1. The first-order valence-electron chi connectivity index (χ1n) is 12.8. The van der Waals surface area contributed by atoms with E-state index in [0.29, 0.717) is 29.1 Å². The Kier molecular flexibility index (Phi) is 6.64. The molecule has 2 aliphatic rings. The highest BCUT2D eigenvalue weighted by Gasteiger charge is 2.32. The fourth-order valence-electron chi connectivity index (χ4n) is 5.05. The van der Waals surface area contributed by atoms with Crippen molar-refractivity contribution >= 4 is 28.6 Å². The Hall–Kier alpha value is -3.32. The molecule has 0 amide bonds. The zero-order valence-corrected chi connectivity index (χ0v) is 23.4. The summed E-state index contributed by atoms with van der Waals surface area (Å²) in [6, 6.07) is 7.47. The van der Waals surface area contributed by atoms with E-state index in [0.717, 1.165) is 69.9 Å². The van der Waals surface area contributed by atoms with Gasteiger partial charge in [-0.15, -0.1) is 31.7 Å². The summed E-state index contributed by atoms with van der Waals surface area (Å²) in [6.07, 6.45) is 2.64. The molecule has 1 saturated heterocycles.